The van der Waals surface area contributed by atoms with Crippen molar-refractivity contribution in [2.45, 2.75) is 13.5 Å². The van der Waals surface area contributed by atoms with Gasteiger partial charge < -0.3 is 9.72 Å². The number of anilines is 1. The number of hydrogen-bond donors (Lipinski definition) is 1. The third-order valence-corrected chi connectivity index (χ3v) is 3.59. The molecule has 0 atom stereocenters. The number of fused-ring (bicyclic) bond motifs is 1. The summed E-state index contributed by atoms with van der Waals surface area (Å²) in [5.41, 5.74) is 3.86. The maximum absolute atomic E-state index is 6.19. The Hall–Kier alpha value is -1.71. The highest BCUT2D eigenvalue weighted by atomic mass is 35.5. The molecule has 3 aromatic rings. The molecule has 2 heterocycles. The molecule has 0 amide bonds. The van der Waals surface area contributed by atoms with Crippen LogP contribution in [-0.2, 0) is 6.54 Å². The first kappa shape index (κ1) is 13.3. The second kappa shape index (κ2) is 5.35. The van der Waals surface area contributed by atoms with E-state index in [1.165, 1.54) is 0 Å². The predicted molar refractivity (Wildman–Crippen MR) is 83.7 cm³/mol. The van der Waals surface area contributed by atoms with Gasteiger partial charge in [0.25, 0.3) is 0 Å². The molecule has 0 bridgehead atoms. The molecular weight excluding hydrogens is 293 g/mol. The largest absolute Gasteiger partial charge is 0.378 e. The zero-order chi connectivity index (χ0) is 14.1. The van der Waals surface area contributed by atoms with Gasteiger partial charge in [-0.25, -0.2) is 4.98 Å². The summed E-state index contributed by atoms with van der Waals surface area (Å²) in [6.07, 6.45) is 3.79. The van der Waals surface area contributed by atoms with Crippen molar-refractivity contribution in [1.29, 1.82) is 0 Å². The Morgan fingerprint density at radius 3 is 2.80 bits per heavy atom. The van der Waals surface area contributed by atoms with Crippen molar-refractivity contribution in [1.82, 2.24) is 9.38 Å². The molecule has 5 heteroatoms. The number of halogens is 2. The molecule has 3 rings (SSSR count). The van der Waals surface area contributed by atoms with Gasteiger partial charge in [-0.15, -0.1) is 0 Å². The van der Waals surface area contributed by atoms with Crippen molar-refractivity contribution < 1.29 is 0 Å². The number of nitrogens with one attached hydrogen (secondary N) is 1. The highest BCUT2D eigenvalue weighted by Crippen LogP contribution is 2.23. The average Bonchev–Trinajstić information content (AvgIpc) is 2.79. The SMILES string of the molecule is Cc1ccc(NCc2cn3cc(Cl)ccc3n2)c(Cl)c1. The molecule has 3 nitrogen and oxygen atoms in total. The molecule has 0 aliphatic rings. The topological polar surface area (TPSA) is 29.3 Å². The summed E-state index contributed by atoms with van der Waals surface area (Å²) in [7, 11) is 0. The minimum atomic E-state index is 0.613. The van der Waals surface area contributed by atoms with Gasteiger partial charge in [0.15, 0.2) is 0 Å². The fourth-order valence-corrected chi connectivity index (χ4v) is 2.52. The fraction of sp³-hybridized carbons (Fsp3) is 0.133. The van der Waals surface area contributed by atoms with E-state index in [9.17, 15) is 0 Å². The van der Waals surface area contributed by atoms with Crippen molar-refractivity contribution in [3.05, 3.63) is 64.0 Å². The van der Waals surface area contributed by atoms with Crippen molar-refractivity contribution in [2.75, 3.05) is 5.32 Å². The van der Waals surface area contributed by atoms with Gasteiger partial charge in [-0.2, -0.15) is 0 Å². The molecule has 0 aliphatic heterocycles. The Morgan fingerprint density at radius 2 is 2.00 bits per heavy atom. The molecular formula is C15H13Cl2N3. The van der Waals surface area contributed by atoms with E-state index in [4.69, 9.17) is 23.2 Å². The van der Waals surface area contributed by atoms with Crippen LogP contribution in [0, 0.1) is 6.92 Å². The minimum Gasteiger partial charge on any atom is -0.378 e. The number of pyridine rings is 1. The van der Waals surface area contributed by atoms with Crippen molar-refractivity contribution in [3.8, 4) is 0 Å². The number of aryl methyl sites for hydroxylation is 1. The Bertz CT molecular complexity index is 765. The Morgan fingerprint density at radius 1 is 1.15 bits per heavy atom. The van der Waals surface area contributed by atoms with Crippen LogP contribution in [0.5, 0.6) is 0 Å². The van der Waals surface area contributed by atoms with Crippen molar-refractivity contribution in [3.63, 3.8) is 0 Å². The third kappa shape index (κ3) is 2.74. The number of aromatic nitrogens is 2. The predicted octanol–water partition coefficient (Wildman–Crippen LogP) is 4.56. The van der Waals surface area contributed by atoms with Crippen LogP contribution in [0.15, 0.2) is 42.7 Å². The molecule has 0 unspecified atom stereocenters. The van der Waals surface area contributed by atoms with E-state index in [2.05, 4.69) is 10.3 Å². The summed E-state index contributed by atoms with van der Waals surface area (Å²) in [6, 6.07) is 9.66. The summed E-state index contributed by atoms with van der Waals surface area (Å²) < 4.78 is 1.91. The van der Waals surface area contributed by atoms with Gasteiger partial charge in [0.2, 0.25) is 0 Å². The Labute approximate surface area is 127 Å². The maximum Gasteiger partial charge on any atom is 0.137 e. The third-order valence-electron chi connectivity index (χ3n) is 3.05. The minimum absolute atomic E-state index is 0.613. The summed E-state index contributed by atoms with van der Waals surface area (Å²) in [6.45, 7) is 2.63. The molecule has 1 N–H and O–H groups in total. The molecule has 20 heavy (non-hydrogen) atoms. The lowest BCUT2D eigenvalue weighted by atomic mass is 10.2. The van der Waals surface area contributed by atoms with E-state index in [0.29, 0.717) is 11.6 Å². The van der Waals surface area contributed by atoms with Crippen LogP contribution in [0.25, 0.3) is 5.65 Å². The molecule has 0 fully saturated rings. The van der Waals surface area contributed by atoms with Crippen LogP contribution < -0.4 is 5.32 Å². The van der Waals surface area contributed by atoms with Gasteiger partial charge in [-0.3, -0.25) is 0 Å². The van der Waals surface area contributed by atoms with Gasteiger partial charge in [0, 0.05) is 12.4 Å². The first-order valence-electron chi connectivity index (χ1n) is 6.25. The van der Waals surface area contributed by atoms with Gasteiger partial charge in [0.05, 0.1) is 28.0 Å². The Balaban J connectivity index is 1.79. The van der Waals surface area contributed by atoms with Crippen LogP contribution >= 0.6 is 23.2 Å². The van der Waals surface area contributed by atoms with E-state index < -0.39 is 0 Å². The number of hydrogen-bond acceptors (Lipinski definition) is 2. The molecule has 0 radical (unpaired) electrons. The van der Waals surface area contributed by atoms with E-state index in [0.717, 1.165) is 27.6 Å². The van der Waals surface area contributed by atoms with Gasteiger partial charge in [0.1, 0.15) is 5.65 Å². The number of rotatable bonds is 3. The second-order valence-corrected chi connectivity index (χ2v) is 5.53. The lowest BCUT2D eigenvalue weighted by molar-refractivity contribution is 1.08. The summed E-state index contributed by atoms with van der Waals surface area (Å²) in [5.74, 6) is 0. The highest BCUT2D eigenvalue weighted by molar-refractivity contribution is 6.33. The molecule has 2 aromatic heterocycles. The van der Waals surface area contributed by atoms with E-state index in [1.807, 2.05) is 54.0 Å². The number of nitrogens with zero attached hydrogens (tertiary/aromatic N) is 2. The number of benzene rings is 1. The molecule has 0 spiro atoms. The zero-order valence-electron chi connectivity index (χ0n) is 10.9. The fourth-order valence-electron chi connectivity index (χ4n) is 2.05. The normalized spacial score (nSPS) is 10.9. The first-order valence-corrected chi connectivity index (χ1v) is 7.00. The van der Waals surface area contributed by atoms with Crippen LogP contribution in [0.1, 0.15) is 11.3 Å². The van der Waals surface area contributed by atoms with Crippen LogP contribution in [0.2, 0.25) is 10.0 Å². The average molecular weight is 306 g/mol. The van der Waals surface area contributed by atoms with E-state index in [1.54, 1.807) is 0 Å². The molecule has 0 aliphatic carbocycles. The molecule has 0 saturated heterocycles. The standard InChI is InChI=1S/C15H13Cl2N3/c1-10-2-4-14(13(17)6-10)18-7-12-9-20-8-11(16)3-5-15(20)19-12/h2-6,8-9,18H,7H2,1H3. The first-order chi connectivity index (χ1) is 9.61. The van der Waals surface area contributed by atoms with Crippen LogP contribution in [0.3, 0.4) is 0 Å². The lowest BCUT2D eigenvalue weighted by Gasteiger charge is -2.07. The summed E-state index contributed by atoms with van der Waals surface area (Å²) in [4.78, 5) is 4.51. The highest BCUT2D eigenvalue weighted by Gasteiger charge is 2.04. The van der Waals surface area contributed by atoms with E-state index >= 15 is 0 Å². The Kier molecular flexibility index (Phi) is 3.55. The van der Waals surface area contributed by atoms with Crippen LogP contribution in [-0.4, -0.2) is 9.38 Å². The monoisotopic (exact) mass is 305 g/mol. The smallest absolute Gasteiger partial charge is 0.137 e. The van der Waals surface area contributed by atoms with Gasteiger partial charge in [-0.05, 0) is 36.8 Å². The molecule has 102 valence electrons. The van der Waals surface area contributed by atoms with Crippen LogP contribution in [0.4, 0.5) is 5.69 Å². The molecule has 0 saturated carbocycles. The maximum atomic E-state index is 6.19. The molecule has 1 aromatic carbocycles. The zero-order valence-corrected chi connectivity index (χ0v) is 12.4. The number of imidazole rings is 1. The van der Waals surface area contributed by atoms with Crippen molar-refractivity contribution >= 4 is 34.5 Å². The van der Waals surface area contributed by atoms with Gasteiger partial charge in [-0.1, -0.05) is 29.3 Å². The van der Waals surface area contributed by atoms with E-state index in [-0.39, 0.29) is 0 Å². The second-order valence-electron chi connectivity index (χ2n) is 4.68. The lowest BCUT2D eigenvalue weighted by Crippen LogP contribution is -2.00. The van der Waals surface area contributed by atoms with Gasteiger partial charge >= 0.3 is 0 Å². The van der Waals surface area contributed by atoms with Crippen molar-refractivity contribution in [2.24, 2.45) is 0 Å². The summed E-state index contributed by atoms with van der Waals surface area (Å²) >= 11 is 12.1. The summed E-state index contributed by atoms with van der Waals surface area (Å²) in [5, 5.41) is 4.70. The quantitative estimate of drug-likeness (QED) is 0.768.